The number of thiazole rings is 1. The Hall–Kier alpha value is -2.99. The van der Waals surface area contributed by atoms with Crippen molar-refractivity contribution < 1.29 is 9.59 Å². The summed E-state index contributed by atoms with van der Waals surface area (Å²) in [5.41, 5.74) is 6.27. The summed E-state index contributed by atoms with van der Waals surface area (Å²) >= 11 is 1.41. The molecule has 3 aromatic rings. The van der Waals surface area contributed by atoms with Crippen LogP contribution < -0.4 is 10.2 Å². The molecule has 1 N–H and O–H groups in total. The predicted molar refractivity (Wildman–Crippen MR) is 117 cm³/mol. The summed E-state index contributed by atoms with van der Waals surface area (Å²) in [6.07, 6.45) is 2.01. The van der Waals surface area contributed by atoms with Crippen LogP contribution in [0.4, 0.5) is 10.8 Å². The normalized spacial score (nSPS) is 12.7. The number of nitrogens with one attached hydrogen (secondary N) is 1. The van der Waals surface area contributed by atoms with Gasteiger partial charge < -0.3 is 10.2 Å². The van der Waals surface area contributed by atoms with E-state index in [2.05, 4.69) is 47.6 Å². The molecule has 0 radical (unpaired) electrons. The van der Waals surface area contributed by atoms with Crippen molar-refractivity contribution >= 4 is 34.0 Å². The fraction of sp³-hybridized carbons (Fsp3) is 0.261. The van der Waals surface area contributed by atoms with Crippen LogP contribution in [0.5, 0.6) is 0 Å². The topological polar surface area (TPSA) is 62.3 Å². The van der Waals surface area contributed by atoms with Gasteiger partial charge in [0, 0.05) is 36.5 Å². The maximum Gasteiger partial charge on any atom is 0.226 e. The van der Waals surface area contributed by atoms with E-state index in [4.69, 9.17) is 0 Å². The minimum Gasteiger partial charge on any atom is -0.312 e. The summed E-state index contributed by atoms with van der Waals surface area (Å²) in [4.78, 5) is 30.5. The Bertz CT molecular complexity index is 1060. The third kappa shape index (κ3) is 4.38. The Balaban J connectivity index is 1.41. The van der Waals surface area contributed by atoms with Gasteiger partial charge in [-0.1, -0.05) is 42.0 Å². The molecule has 5 nitrogen and oxygen atoms in total. The molecule has 0 unspecified atom stereocenters. The molecule has 0 fully saturated rings. The zero-order chi connectivity index (χ0) is 20.4. The highest BCUT2D eigenvalue weighted by Crippen LogP contribution is 2.34. The summed E-state index contributed by atoms with van der Waals surface area (Å²) in [6, 6.07) is 14.3. The van der Waals surface area contributed by atoms with Gasteiger partial charge in [0.15, 0.2) is 5.13 Å². The van der Waals surface area contributed by atoms with Gasteiger partial charge in [-0.15, -0.1) is 11.3 Å². The first-order chi connectivity index (χ1) is 14.0. The van der Waals surface area contributed by atoms with Gasteiger partial charge in [-0.2, -0.15) is 0 Å². The Morgan fingerprint density at radius 2 is 1.97 bits per heavy atom. The smallest absolute Gasteiger partial charge is 0.226 e. The number of aryl methyl sites for hydroxylation is 2. The molecule has 2 amide bonds. The van der Waals surface area contributed by atoms with E-state index < -0.39 is 0 Å². The molecule has 2 heterocycles. The summed E-state index contributed by atoms with van der Waals surface area (Å²) in [6.45, 7) is 4.37. The Labute approximate surface area is 174 Å². The molecule has 6 heteroatoms. The lowest BCUT2D eigenvalue weighted by Crippen LogP contribution is -2.25. The van der Waals surface area contributed by atoms with Gasteiger partial charge in [-0.3, -0.25) is 9.59 Å². The van der Waals surface area contributed by atoms with Crippen LogP contribution in [0.2, 0.25) is 0 Å². The molecule has 0 saturated heterocycles. The first kappa shape index (κ1) is 19.3. The maximum atomic E-state index is 12.3. The van der Waals surface area contributed by atoms with Crippen LogP contribution in [0, 0.1) is 6.92 Å². The zero-order valence-electron chi connectivity index (χ0n) is 16.6. The number of hydrogen-bond acceptors (Lipinski definition) is 4. The maximum absolute atomic E-state index is 12.3. The standard InChI is InChI=1S/C23H23N3O2S/c1-15-3-5-17(6-4-15)7-10-22(28)25-23-24-20(14-29-23)19-9-8-18-11-12-26(16(2)27)21(18)13-19/h3-6,8-9,13-14H,7,10-12H2,1-2H3,(H,24,25,28). The number of carbonyl (C=O) groups excluding carboxylic acids is 2. The highest BCUT2D eigenvalue weighted by molar-refractivity contribution is 7.14. The third-order valence-corrected chi connectivity index (χ3v) is 5.93. The van der Waals surface area contributed by atoms with Crippen LogP contribution in [0.25, 0.3) is 11.3 Å². The van der Waals surface area contributed by atoms with Crippen molar-refractivity contribution in [3.05, 3.63) is 64.5 Å². The molecule has 0 atom stereocenters. The lowest BCUT2D eigenvalue weighted by atomic mass is 10.1. The Morgan fingerprint density at radius 1 is 1.17 bits per heavy atom. The lowest BCUT2D eigenvalue weighted by Gasteiger charge is -2.15. The van der Waals surface area contributed by atoms with E-state index >= 15 is 0 Å². The minimum absolute atomic E-state index is 0.0387. The van der Waals surface area contributed by atoms with E-state index in [1.165, 1.54) is 22.5 Å². The summed E-state index contributed by atoms with van der Waals surface area (Å²) in [5, 5.41) is 5.43. The predicted octanol–water partition coefficient (Wildman–Crippen LogP) is 4.60. The number of nitrogens with zero attached hydrogens (tertiary/aromatic N) is 2. The molecule has 4 rings (SSSR count). The number of amides is 2. The highest BCUT2D eigenvalue weighted by atomic mass is 32.1. The molecule has 0 aliphatic carbocycles. The van der Waals surface area contributed by atoms with Gasteiger partial charge in [-0.25, -0.2) is 4.98 Å². The zero-order valence-corrected chi connectivity index (χ0v) is 17.4. The van der Waals surface area contributed by atoms with Gasteiger partial charge in [0.25, 0.3) is 0 Å². The van der Waals surface area contributed by atoms with Crippen LogP contribution in [0.1, 0.15) is 30.0 Å². The van der Waals surface area contributed by atoms with Crippen LogP contribution >= 0.6 is 11.3 Å². The number of benzene rings is 2. The van der Waals surface area contributed by atoms with Crippen molar-refractivity contribution in [2.75, 3.05) is 16.8 Å². The number of fused-ring (bicyclic) bond motifs is 1. The average Bonchev–Trinajstić information content (AvgIpc) is 3.34. The van der Waals surface area contributed by atoms with E-state index in [9.17, 15) is 9.59 Å². The molecule has 1 aliphatic rings. The molecule has 0 bridgehead atoms. The van der Waals surface area contributed by atoms with Crippen molar-refractivity contribution in [3.8, 4) is 11.3 Å². The fourth-order valence-corrected chi connectivity index (χ4v) is 4.26. The van der Waals surface area contributed by atoms with Crippen molar-refractivity contribution in [1.29, 1.82) is 0 Å². The second kappa shape index (κ2) is 8.17. The number of rotatable bonds is 5. The monoisotopic (exact) mass is 405 g/mol. The highest BCUT2D eigenvalue weighted by Gasteiger charge is 2.22. The molecule has 0 saturated carbocycles. The van der Waals surface area contributed by atoms with E-state index in [0.717, 1.165) is 35.5 Å². The van der Waals surface area contributed by atoms with Crippen LogP contribution in [-0.2, 0) is 22.4 Å². The molecule has 29 heavy (non-hydrogen) atoms. The van der Waals surface area contributed by atoms with Crippen molar-refractivity contribution in [2.24, 2.45) is 0 Å². The van der Waals surface area contributed by atoms with Crippen molar-refractivity contribution in [1.82, 2.24) is 4.98 Å². The van der Waals surface area contributed by atoms with Gasteiger partial charge >= 0.3 is 0 Å². The number of carbonyl (C=O) groups is 2. The van der Waals surface area contributed by atoms with Gasteiger partial charge in [0.05, 0.1) is 5.69 Å². The molecule has 0 spiro atoms. The second-order valence-electron chi connectivity index (χ2n) is 7.34. The number of aromatic nitrogens is 1. The molecule has 148 valence electrons. The molecular formula is C23H23N3O2S. The van der Waals surface area contributed by atoms with E-state index in [1.54, 1.807) is 11.8 Å². The SMILES string of the molecule is CC(=O)N1CCc2ccc(-c3csc(NC(=O)CCc4ccc(C)cc4)n3)cc21. The molecule has 1 aromatic heterocycles. The van der Waals surface area contributed by atoms with Crippen molar-refractivity contribution in [2.45, 2.75) is 33.1 Å². The summed E-state index contributed by atoms with van der Waals surface area (Å²) in [7, 11) is 0. The van der Waals surface area contributed by atoms with Gasteiger partial charge in [0.1, 0.15) is 0 Å². The quantitative estimate of drug-likeness (QED) is 0.675. The van der Waals surface area contributed by atoms with Crippen LogP contribution in [-0.4, -0.2) is 23.3 Å². The van der Waals surface area contributed by atoms with Crippen LogP contribution in [0.15, 0.2) is 47.8 Å². The lowest BCUT2D eigenvalue weighted by molar-refractivity contribution is -0.117. The fourth-order valence-electron chi connectivity index (χ4n) is 3.52. The third-order valence-electron chi connectivity index (χ3n) is 5.17. The minimum atomic E-state index is -0.0387. The van der Waals surface area contributed by atoms with Crippen LogP contribution in [0.3, 0.4) is 0 Å². The van der Waals surface area contributed by atoms with Gasteiger partial charge in [0.2, 0.25) is 11.8 Å². The average molecular weight is 406 g/mol. The van der Waals surface area contributed by atoms with E-state index in [0.29, 0.717) is 18.0 Å². The second-order valence-corrected chi connectivity index (χ2v) is 8.19. The molecular weight excluding hydrogens is 382 g/mol. The molecule has 2 aromatic carbocycles. The largest absolute Gasteiger partial charge is 0.312 e. The first-order valence-electron chi connectivity index (χ1n) is 9.72. The Kier molecular flexibility index (Phi) is 5.45. The summed E-state index contributed by atoms with van der Waals surface area (Å²) < 4.78 is 0. The number of anilines is 2. The van der Waals surface area contributed by atoms with E-state index in [1.807, 2.05) is 17.5 Å². The Morgan fingerprint density at radius 3 is 2.72 bits per heavy atom. The first-order valence-corrected chi connectivity index (χ1v) is 10.6. The number of hydrogen-bond donors (Lipinski definition) is 1. The van der Waals surface area contributed by atoms with Gasteiger partial charge in [-0.05, 0) is 37.0 Å². The summed E-state index contributed by atoms with van der Waals surface area (Å²) in [5.74, 6) is 0.0175. The van der Waals surface area contributed by atoms with Crippen molar-refractivity contribution in [3.63, 3.8) is 0 Å². The molecule has 1 aliphatic heterocycles. The van der Waals surface area contributed by atoms with E-state index in [-0.39, 0.29) is 11.8 Å².